The molecule has 0 spiro atoms. The summed E-state index contributed by atoms with van der Waals surface area (Å²) in [6.07, 6.45) is 8.89. The third-order valence-corrected chi connectivity index (χ3v) is 1.49. The predicted molar refractivity (Wildman–Crippen MR) is 41.5 cm³/mol. The van der Waals surface area contributed by atoms with Crippen LogP contribution in [-0.2, 0) is 4.84 Å². The minimum absolute atomic E-state index is 0.812. The van der Waals surface area contributed by atoms with Gasteiger partial charge in [-0.3, -0.25) is 0 Å². The Bertz CT molecular complexity index is 149. The van der Waals surface area contributed by atoms with E-state index in [1.807, 2.05) is 0 Å². The van der Waals surface area contributed by atoms with Crippen LogP contribution in [0.4, 0.5) is 0 Å². The molecule has 0 atom stereocenters. The third-order valence-electron chi connectivity index (χ3n) is 1.49. The van der Waals surface area contributed by atoms with Gasteiger partial charge in [0.2, 0.25) is 0 Å². The number of nitrogens with one attached hydrogen (secondary N) is 1. The molecule has 0 saturated carbocycles. The van der Waals surface area contributed by atoms with Crippen LogP contribution in [0.2, 0.25) is 0 Å². The van der Waals surface area contributed by atoms with Gasteiger partial charge in [-0.1, -0.05) is 18.2 Å². The molecule has 0 aromatic heterocycles. The Morgan fingerprint density at radius 2 is 2.50 bits per heavy atom. The van der Waals surface area contributed by atoms with E-state index >= 15 is 0 Å². The van der Waals surface area contributed by atoms with Crippen LogP contribution in [0.3, 0.4) is 0 Å². The first-order valence-corrected chi connectivity index (χ1v) is 3.55. The highest BCUT2D eigenvalue weighted by Crippen LogP contribution is 2.07. The Labute approximate surface area is 61.5 Å². The van der Waals surface area contributed by atoms with Crippen molar-refractivity contribution in [2.45, 2.75) is 12.8 Å². The average Bonchev–Trinajstić information content (AvgIpc) is 2.03. The quantitative estimate of drug-likeness (QED) is 0.597. The minimum atomic E-state index is 0.812. The lowest BCUT2D eigenvalue weighted by molar-refractivity contribution is 0.0995. The van der Waals surface area contributed by atoms with E-state index < -0.39 is 0 Å². The molecule has 1 aliphatic carbocycles. The molecule has 0 aromatic rings. The van der Waals surface area contributed by atoms with Crippen LogP contribution in [0.15, 0.2) is 23.8 Å². The first-order valence-electron chi connectivity index (χ1n) is 3.55. The monoisotopic (exact) mass is 139 g/mol. The highest BCUT2D eigenvalue weighted by Gasteiger charge is 1.94. The lowest BCUT2D eigenvalue weighted by Gasteiger charge is -2.05. The van der Waals surface area contributed by atoms with E-state index in [2.05, 4.69) is 23.7 Å². The summed E-state index contributed by atoms with van der Waals surface area (Å²) in [5.41, 5.74) is 4.11. The maximum absolute atomic E-state index is 4.72. The van der Waals surface area contributed by atoms with E-state index in [0.29, 0.717) is 0 Å². The van der Waals surface area contributed by atoms with Crippen molar-refractivity contribution in [3.8, 4) is 0 Å². The van der Waals surface area contributed by atoms with Crippen molar-refractivity contribution in [3.63, 3.8) is 0 Å². The van der Waals surface area contributed by atoms with Gasteiger partial charge in [-0.2, -0.15) is 5.48 Å². The number of allylic oxidation sites excluding steroid dienone is 2. The molecule has 0 heterocycles. The SMILES string of the molecule is CONCC1=CCCC=C1. The maximum Gasteiger partial charge on any atom is 0.0572 e. The molecule has 0 radical (unpaired) electrons. The van der Waals surface area contributed by atoms with E-state index in [1.54, 1.807) is 7.11 Å². The first kappa shape index (κ1) is 7.51. The van der Waals surface area contributed by atoms with Crippen molar-refractivity contribution in [1.29, 1.82) is 0 Å². The number of rotatable bonds is 3. The molecule has 0 amide bonds. The smallest absolute Gasteiger partial charge is 0.0572 e. The summed E-state index contributed by atoms with van der Waals surface area (Å²) in [6.45, 7) is 0.812. The van der Waals surface area contributed by atoms with Gasteiger partial charge in [-0.05, 0) is 18.4 Å². The first-order chi connectivity index (χ1) is 4.93. The lowest BCUT2D eigenvalue weighted by Crippen LogP contribution is -2.14. The fourth-order valence-corrected chi connectivity index (χ4v) is 0.954. The van der Waals surface area contributed by atoms with Crippen LogP contribution < -0.4 is 5.48 Å². The second-order valence-electron chi connectivity index (χ2n) is 2.28. The molecule has 0 fully saturated rings. The zero-order valence-electron chi connectivity index (χ0n) is 6.26. The molecule has 0 aliphatic heterocycles. The van der Waals surface area contributed by atoms with E-state index in [-0.39, 0.29) is 0 Å². The fraction of sp³-hybridized carbons (Fsp3) is 0.500. The van der Waals surface area contributed by atoms with Gasteiger partial charge in [0.25, 0.3) is 0 Å². The van der Waals surface area contributed by atoms with Crippen molar-refractivity contribution in [1.82, 2.24) is 5.48 Å². The van der Waals surface area contributed by atoms with Gasteiger partial charge in [-0.25, -0.2) is 0 Å². The fourth-order valence-electron chi connectivity index (χ4n) is 0.954. The molecule has 0 unspecified atom stereocenters. The van der Waals surface area contributed by atoms with Crippen LogP contribution in [0.5, 0.6) is 0 Å². The standard InChI is InChI=1S/C8H13NO/c1-10-9-7-8-5-3-2-4-6-8/h3,5-6,9H,2,4,7H2,1H3. The zero-order valence-corrected chi connectivity index (χ0v) is 6.26. The van der Waals surface area contributed by atoms with Crippen molar-refractivity contribution >= 4 is 0 Å². The lowest BCUT2D eigenvalue weighted by atomic mass is 10.1. The van der Waals surface area contributed by atoms with E-state index in [9.17, 15) is 0 Å². The van der Waals surface area contributed by atoms with Crippen molar-refractivity contribution in [2.75, 3.05) is 13.7 Å². The van der Waals surface area contributed by atoms with Crippen molar-refractivity contribution in [2.24, 2.45) is 0 Å². The topological polar surface area (TPSA) is 21.3 Å². The van der Waals surface area contributed by atoms with Crippen molar-refractivity contribution < 1.29 is 4.84 Å². The molecular formula is C8H13NO. The van der Waals surface area contributed by atoms with Gasteiger partial charge >= 0.3 is 0 Å². The highest BCUT2D eigenvalue weighted by molar-refractivity contribution is 5.22. The average molecular weight is 139 g/mol. The molecule has 56 valence electrons. The van der Waals surface area contributed by atoms with Crippen LogP contribution in [0.1, 0.15) is 12.8 Å². The Balaban J connectivity index is 2.26. The molecule has 1 aliphatic rings. The van der Waals surface area contributed by atoms with Crippen LogP contribution in [0, 0.1) is 0 Å². The highest BCUT2D eigenvalue weighted by atomic mass is 16.6. The Hall–Kier alpha value is -0.600. The summed E-state index contributed by atoms with van der Waals surface area (Å²) < 4.78 is 0. The normalized spacial score (nSPS) is 17.1. The van der Waals surface area contributed by atoms with E-state index in [4.69, 9.17) is 4.84 Å². The van der Waals surface area contributed by atoms with Gasteiger partial charge < -0.3 is 4.84 Å². The molecule has 2 heteroatoms. The molecule has 10 heavy (non-hydrogen) atoms. The predicted octanol–water partition coefficient (Wildman–Crippen LogP) is 1.41. The van der Waals surface area contributed by atoms with Crippen LogP contribution >= 0.6 is 0 Å². The zero-order chi connectivity index (χ0) is 7.23. The van der Waals surface area contributed by atoms with E-state index in [0.717, 1.165) is 13.0 Å². The second kappa shape index (κ2) is 4.25. The summed E-state index contributed by atoms with van der Waals surface area (Å²) in [4.78, 5) is 4.72. The summed E-state index contributed by atoms with van der Waals surface area (Å²) in [7, 11) is 1.63. The van der Waals surface area contributed by atoms with Gasteiger partial charge in [0.15, 0.2) is 0 Å². The van der Waals surface area contributed by atoms with Crippen molar-refractivity contribution in [3.05, 3.63) is 23.8 Å². The molecule has 1 rings (SSSR count). The largest absolute Gasteiger partial charge is 0.305 e. The van der Waals surface area contributed by atoms with Gasteiger partial charge in [0.1, 0.15) is 0 Å². The number of hydroxylamine groups is 1. The van der Waals surface area contributed by atoms with Gasteiger partial charge in [0, 0.05) is 6.54 Å². The summed E-state index contributed by atoms with van der Waals surface area (Å²) in [5.74, 6) is 0. The van der Waals surface area contributed by atoms with Crippen LogP contribution in [0.25, 0.3) is 0 Å². The second-order valence-corrected chi connectivity index (χ2v) is 2.28. The third kappa shape index (κ3) is 2.33. The molecule has 1 N–H and O–H groups in total. The molecule has 0 saturated heterocycles. The Morgan fingerprint density at radius 3 is 3.10 bits per heavy atom. The summed E-state index contributed by atoms with van der Waals surface area (Å²) >= 11 is 0. The van der Waals surface area contributed by atoms with E-state index in [1.165, 1.54) is 12.0 Å². The molecule has 0 aromatic carbocycles. The van der Waals surface area contributed by atoms with Gasteiger partial charge in [0.05, 0.1) is 7.11 Å². The molecule has 2 nitrogen and oxygen atoms in total. The summed E-state index contributed by atoms with van der Waals surface area (Å²) in [6, 6.07) is 0. The Kier molecular flexibility index (Phi) is 3.19. The van der Waals surface area contributed by atoms with Crippen LogP contribution in [-0.4, -0.2) is 13.7 Å². The maximum atomic E-state index is 4.72. The minimum Gasteiger partial charge on any atom is -0.305 e. The molecule has 0 bridgehead atoms. The summed E-state index contributed by atoms with van der Waals surface area (Å²) in [5, 5.41) is 0. The Morgan fingerprint density at radius 1 is 1.60 bits per heavy atom. The number of hydrogen-bond donors (Lipinski definition) is 1. The van der Waals surface area contributed by atoms with Gasteiger partial charge in [-0.15, -0.1) is 0 Å². The molecular weight excluding hydrogens is 126 g/mol. The number of hydrogen-bond acceptors (Lipinski definition) is 2.